The molecule has 0 aromatic carbocycles. The van der Waals surface area contributed by atoms with E-state index in [0.717, 1.165) is 0 Å². The Hall–Kier alpha value is -0.820. The van der Waals surface area contributed by atoms with Crippen LogP contribution in [0.4, 0.5) is 13.2 Å². The fourth-order valence-electron chi connectivity index (χ4n) is 1.54. The minimum atomic E-state index is -4.19. The first-order valence-electron chi connectivity index (χ1n) is 5.90. The predicted octanol–water partition coefficient (Wildman–Crippen LogP) is 1.84. The van der Waals surface area contributed by atoms with Crippen LogP contribution in [0.1, 0.15) is 33.1 Å². The molecule has 0 aromatic heterocycles. The third-order valence-electron chi connectivity index (χ3n) is 2.76. The molecule has 0 radical (unpaired) electrons. The summed E-state index contributed by atoms with van der Waals surface area (Å²) in [5.41, 5.74) is 4.21. The van der Waals surface area contributed by atoms with Crippen LogP contribution in [0.2, 0.25) is 0 Å². The molecule has 0 saturated carbocycles. The van der Waals surface area contributed by atoms with Crippen LogP contribution in [0, 0.1) is 0 Å². The molecular weight excluding hydrogens is 249 g/mol. The zero-order valence-electron chi connectivity index (χ0n) is 10.8. The molecule has 0 amide bonds. The van der Waals surface area contributed by atoms with Crippen LogP contribution >= 0.6 is 0 Å². The van der Waals surface area contributed by atoms with Crippen molar-refractivity contribution in [3.05, 3.63) is 0 Å². The summed E-state index contributed by atoms with van der Waals surface area (Å²) in [6.45, 7) is 2.76. The predicted molar refractivity (Wildman–Crippen MR) is 62.2 cm³/mol. The van der Waals surface area contributed by atoms with E-state index in [0.29, 0.717) is 25.9 Å². The van der Waals surface area contributed by atoms with E-state index in [2.05, 4.69) is 0 Å². The van der Waals surface area contributed by atoms with Gasteiger partial charge < -0.3 is 10.8 Å². The number of hydrogen-bond acceptors (Lipinski definition) is 3. The molecule has 18 heavy (non-hydrogen) atoms. The summed E-state index contributed by atoms with van der Waals surface area (Å²) < 4.78 is 36.5. The standard InChI is InChI=1S/C11H21F3N2O2/c1-3-16(8-11(12,13)14)7-5-4-6-10(2,15)9(17)18/h3-8,15H2,1-2H3,(H,17,18). The van der Waals surface area contributed by atoms with E-state index in [9.17, 15) is 18.0 Å². The number of aliphatic carboxylic acids is 1. The van der Waals surface area contributed by atoms with Crippen molar-refractivity contribution in [2.45, 2.75) is 44.8 Å². The van der Waals surface area contributed by atoms with Gasteiger partial charge in [-0.3, -0.25) is 9.69 Å². The Morgan fingerprint density at radius 2 is 1.89 bits per heavy atom. The van der Waals surface area contributed by atoms with Crippen LogP contribution in [-0.4, -0.2) is 47.3 Å². The second-order valence-corrected chi connectivity index (χ2v) is 4.66. The summed E-state index contributed by atoms with van der Waals surface area (Å²) in [5, 5.41) is 8.76. The molecule has 0 aliphatic carbocycles. The Balaban J connectivity index is 3.92. The normalized spacial score (nSPS) is 15.7. The van der Waals surface area contributed by atoms with Crippen molar-refractivity contribution in [1.29, 1.82) is 0 Å². The fourth-order valence-corrected chi connectivity index (χ4v) is 1.54. The number of hydrogen-bond donors (Lipinski definition) is 2. The van der Waals surface area contributed by atoms with Crippen molar-refractivity contribution in [1.82, 2.24) is 4.90 Å². The molecule has 0 rings (SSSR count). The number of carbonyl (C=O) groups is 1. The third-order valence-corrected chi connectivity index (χ3v) is 2.76. The maximum atomic E-state index is 12.2. The number of nitrogens with zero attached hydrogens (tertiary/aromatic N) is 1. The van der Waals surface area contributed by atoms with Gasteiger partial charge in [-0.1, -0.05) is 6.92 Å². The fraction of sp³-hybridized carbons (Fsp3) is 0.909. The van der Waals surface area contributed by atoms with Gasteiger partial charge in [0.25, 0.3) is 0 Å². The Bertz CT molecular complexity index is 268. The van der Waals surface area contributed by atoms with Gasteiger partial charge in [-0.05, 0) is 39.3 Å². The van der Waals surface area contributed by atoms with Gasteiger partial charge in [0.2, 0.25) is 0 Å². The summed E-state index contributed by atoms with van der Waals surface area (Å²) in [4.78, 5) is 12.0. The van der Waals surface area contributed by atoms with Crippen molar-refractivity contribution >= 4 is 5.97 Å². The topological polar surface area (TPSA) is 66.6 Å². The van der Waals surface area contributed by atoms with Gasteiger partial charge >= 0.3 is 12.1 Å². The number of halogens is 3. The van der Waals surface area contributed by atoms with Crippen molar-refractivity contribution in [2.75, 3.05) is 19.6 Å². The summed E-state index contributed by atoms with van der Waals surface area (Å²) in [6.07, 6.45) is -2.94. The number of carboxylic acids is 1. The lowest BCUT2D eigenvalue weighted by molar-refractivity contribution is -0.145. The van der Waals surface area contributed by atoms with E-state index in [1.165, 1.54) is 11.8 Å². The molecular formula is C11H21F3N2O2. The molecule has 7 heteroatoms. The average Bonchev–Trinajstić information content (AvgIpc) is 2.20. The molecule has 0 heterocycles. The molecule has 0 saturated heterocycles. The summed E-state index contributed by atoms with van der Waals surface area (Å²) >= 11 is 0. The minimum Gasteiger partial charge on any atom is -0.480 e. The quantitative estimate of drug-likeness (QED) is 0.660. The average molecular weight is 270 g/mol. The Morgan fingerprint density at radius 1 is 1.33 bits per heavy atom. The zero-order chi connectivity index (χ0) is 14.4. The SMILES string of the molecule is CCN(CCCCC(C)(N)C(=O)O)CC(F)(F)F. The first-order chi connectivity index (χ1) is 8.08. The molecule has 0 bridgehead atoms. The highest BCUT2D eigenvalue weighted by Gasteiger charge is 2.30. The highest BCUT2D eigenvalue weighted by molar-refractivity contribution is 5.77. The Morgan fingerprint density at radius 3 is 2.28 bits per heavy atom. The second-order valence-electron chi connectivity index (χ2n) is 4.66. The molecule has 4 nitrogen and oxygen atoms in total. The monoisotopic (exact) mass is 270 g/mol. The minimum absolute atomic E-state index is 0.256. The van der Waals surface area contributed by atoms with Crippen LogP contribution in [0.3, 0.4) is 0 Å². The van der Waals surface area contributed by atoms with E-state index < -0.39 is 24.2 Å². The van der Waals surface area contributed by atoms with Gasteiger partial charge in [0, 0.05) is 0 Å². The Labute approximate surface area is 105 Å². The zero-order valence-corrected chi connectivity index (χ0v) is 10.8. The van der Waals surface area contributed by atoms with Gasteiger partial charge in [0.1, 0.15) is 5.54 Å². The molecule has 1 unspecified atom stereocenters. The molecule has 1 atom stereocenters. The molecule has 0 aliphatic rings. The largest absolute Gasteiger partial charge is 0.480 e. The van der Waals surface area contributed by atoms with Crippen molar-refractivity contribution in [3.8, 4) is 0 Å². The lowest BCUT2D eigenvalue weighted by Gasteiger charge is -2.23. The smallest absolute Gasteiger partial charge is 0.401 e. The van der Waals surface area contributed by atoms with E-state index in [4.69, 9.17) is 10.8 Å². The highest BCUT2D eigenvalue weighted by atomic mass is 19.4. The maximum absolute atomic E-state index is 12.2. The molecule has 0 aliphatic heterocycles. The third kappa shape index (κ3) is 7.50. The van der Waals surface area contributed by atoms with Gasteiger partial charge in [-0.15, -0.1) is 0 Å². The van der Waals surface area contributed by atoms with E-state index >= 15 is 0 Å². The van der Waals surface area contributed by atoms with Crippen LogP contribution in [0.25, 0.3) is 0 Å². The lowest BCUT2D eigenvalue weighted by atomic mass is 9.96. The Kier molecular flexibility index (Phi) is 6.62. The van der Waals surface area contributed by atoms with Crippen molar-refractivity contribution in [3.63, 3.8) is 0 Å². The van der Waals surface area contributed by atoms with Crippen molar-refractivity contribution < 1.29 is 23.1 Å². The molecule has 0 aromatic rings. The van der Waals surface area contributed by atoms with Crippen LogP contribution in [-0.2, 0) is 4.79 Å². The van der Waals surface area contributed by atoms with E-state index in [-0.39, 0.29) is 6.42 Å². The second kappa shape index (κ2) is 6.94. The lowest BCUT2D eigenvalue weighted by Crippen LogP contribution is -2.44. The van der Waals surface area contributed by atoms with E-state index in [1.54, 1.807) is 6.92 Å². The van der Waals surface area contributed by atoms with Crippen LogP contribution in [0.15, 0.2) is 0 Å². The van der Waals surface area contributed by atoms with Crippen LogP contribution in [0.5, 0.6) is 0 Å². The van der Waals surface area contributed by atoms with Gasteiger partial charge in [-0.25, -0.2) is 0 Å². The molecule has 0 spiro atoms. The summed E-state index contributed by atoms with van der Waals surface area (Å²) in [5.74, 6) is -1.09. The molecule has 0 fully saturated rings. The van der Waals surface area contributed by atoms with Crippen molar-refractivity contribution in [2.24, 2.45) is 5.73 Å². The van der Waals surface area contributed by atoms with E-state index in [1.807, 2.05) is 0 Å². The number of rotatable bonds is 8. The molecule has 3 N–H and O–H groups in total. The van der Waals surface area contributed by atoms with Crippen LogP contribution < -0.4 is 5.73 Å². The number of nitrogens with two attached hydrogens (primary N) is 1. The summed E-state index contributed by atoms with van der Waals surface area (Å²) in [6, 6.07) is 0. The van der Waals surface area contributed by atoms with Gasteiger partial charge in [0.15, 0.2) is 0 Å². The maximum Gasteiger partial charge on any atom is 0.401 e. The highest BCUT2D eigenvalue weighted by Crippen LogP contribution is 2.17. The first kappa shape index (κ1) is 17.2. The summed E-state index contributed by atoms with van der Waals surface area (Å²) in [7, 11) is 0. The molecule has 108 valence electrons. The number of alkyl halides is 3. The van der Waals surface area contributed by atoms with Gasteiger partial charge in [0.05, 0.1) is 6.54 Å². The number of unbranched alkanes of at least 4 members (excludes halogenated alkanes) is 1. The first-order valence-corrected chi connectivity index (χ1v) is 5.90. The number of carboxylic acid groups (broad SMARTS) is 1. The van der Waals surface area contributed by atoms with Gasteiger partial charge in [-0.2, -0.15) is 13.2 Å².